The minimum Gasteiger partial charge on any atom is -0.489 e. The van der Waals surface area contributed by atoms with Crippen LogP contribution in [0.3, 0.4) is 0 Å². The van der Waals surface area contributed by atoms with Crippen LogP contribution in [0.1, 0.15) is 25.0 Å². The van der Waals surface area contributed by atoms with Crippen LogP contribution in [0.25, 0.3) is 6.08 Å². The van der Waals surface area contributed by atoms with Crippen molar-refractivity contribution in [3.8, 4) is 5.75 Å². The molecule has 0 aliphatic carbocycles. The average molecular weight is 443 g/mol. The number of amides is 2. The van der Waals surface area contributed by atoms with E-state index in [1.54, 1.807) is 48.5 Å². The number of thioether (sulfide) groups is 1. The predicted octanol–water partition coefficient (Wildman–Crippen LogP) is 4.64. The number of esters is 1. The molecule has 1 heterocycles. The maximum Gasteiger partial charge on any atom is 0.326 e. The van der Waals surface area contributed by atoms with E-state index in [4.69, 9.17) is 9.47 Å². The van der Waals surface area contributed by atoms with Crippen LogP contribution in [0.2, 0.25) is 0 Å². The predicted molar refractivity (Wildman–Crippen MR) is 116 cm³/mol. The molecule has 0 aromatic heterocycles. The molecule has 0 saturated carbocycles. The van der Waals surface area contributed by atoms with Crippen molar-refractivity contribution in [1.82, 2.24) is 4.90 Å². The maximum absolute atomic E-state index is 13.7. The summed E-state index contributed by atoms with van der Waals surface area (Å²) >= 11 is 0.761. The number of nitrogens with zero attached hydrogens (tertiary/aromatic N) is 1. The second-order valence-electron chi connectivity index (χ2n) is 7.30. The van der Waals surface area contributed by atoms with Gasteiger partial charge in [0.15, 0.2) is 0 Å². The highest BCUT2D eigenvalue weighted by molar-refractivity contribution is 8.18. The van der Waals surface area contributed by atoms with Crippen molar-refractivity contribution in [2.45, 2.75) is 20.5 Å². The number of hydrogen-bond acceptors (Lipinski definition) is 6. The van der Waals surface area contributed by atoms with Gasteiger partial charge in [-0.25, -0.2) is 4.39 Å². The molecule has 0 radical (unpaired) electrons. The summed E-state index contributed by atoms with van der Waals surface area (Å²) < 4.78 is 24.4. The normalized spacial score (nSPS) is 15.1. The highest BCUT2D eigenvalue weighted by Gasteiger charge is 2.36. The van der Waals surface area contributed by atoms with E-state index in [1.165, 1.54) is 6.07 Å². The molecule has 0 unspecified atom stereocenters. The van der Waals surface area contributed by atoms with Gasteiger partial charge in [-0.15, -0.1) is 0 Å². The third-order valence-corrected chi connectivity index (χ3v) is 5.15. The van der Waals surface area contributed by atoms with Crippen LogP contribution < -0.4 is 4.74 Å². The lowest BCUT2D eigenvalue weighted by Crippen LogP contribution is -2.34. The van der Waals surface area contributed by atoms with Crippen molar-refractivity contribution in [3.63, 3.8) is 0 Å². The summed E-state index contributed by atoms with van der Waals surface area (Å²) in [6, 6.07) is 13.2. The molecule has 162 valence electrons. The summed E-state index contributed by atoms with van der Waals surface area (Å²) in [5.74, 6) is -0.866. The first-order valence-electron chi connectivity index (χ1n) is 9.70. The Morgan fingerprint density at radius 2 is 1.94 bits per heavy atom. The Kier molecular flexibility index (Phi) is 7.46. The largest absolute Gasteiger partial charge is 0.489 e. The third kappa shape index (κ3) is 6.18. The molecule has 0 N–H and O–H groups in total. The van der Waals surface area contributed by atoms with Gasteiger partial charge >= 0.3 is 5.97 Å². The zero-order valence-corrected chi connectivity index (χ0v) is 18.0. The highest BCUT2D eigenvalue weighted by atomic mass is 32.2. The van der Waals surface area contributed by atoms with Crippen LogP contribution in [0.4, 0.5) is 9.18 Å². The van der Waals surface area contributed by atoms with Crippen LogP contribution >= 0.6 is 11.8 Å². The standard InChI is InChI=1S/C23H22FNO5S/c1-15(2)13-30-21(26)12-25-22(27)20(31-23(25)28)11-16-6-5-8-18(10-16)29-14-17-7-3-4-9-19(17)24/h3-11,15H,12-14H2,1-2H3/b20-11+. The second-order valence-corrected chi connectivity index (χ2v) is 8.29. The van der Waals surface area contributed by atoms with E-state index in [-0.39, 0.29) is 29.9 Å². The fourth-order valence-corrected chi connectivity index (χ4v) is 3.53. The molecule has 2 aromatic carbocycles. The van der Waals surface area contributed by atoms with Gasteiger partial charge in [-0.1, -0.05) is 44.2 Å². The van der Waals surface area contributed by atoms with Gasteiger partial charge < -0.3 is 9.47 Å². The summed E-state index contributed by atoms with van der Waals surface area (Å²) in [5.41, 5.74) is 1.07. The first-order valence-corrected chi connectivity index (χ1v) is 10.5. The van der Waals surface area contributed by atoms with Crippen molar-refractivity contribution in [3.05, 3.63) is 70.4 Å². The lowest BCUT2D eigenvalue weighted by molar-refractivity contribution is -0.147. The molecule has 8 heteroatoms. The summed E-state index contributed by atoms with van der Waals surface area (Å²) in [6.07, 6.45) is 1.56. The number of carbonyl (C=O) groups is 3. The van der Waals surface area contributed by atoms with Crippen LogP contribution in [-0.4, -0.2) is 35.2 Å². The lowest BCUT2D eigenvalue weighted by atomic mass is 10.2. The summed E-state index contributed by atoms with van der Waals surface area (Å²) in [4.78, 5) is 37.7. The lowest BCUT2D eigenvalue weighted by Gasteiger charge is -2.12. The van der Waals surface area contributed by atoms with Gasteiger partial charge in [0.25, 0.3) is 11.1 Å². The van der Waals surface area contributed by atoms with Gasteiger partial charge in [0, 0.05) is 5.56 Å². The molecule has 0 atom stereocenters. The third-order valence-electron chi connectivity index (χ3n) is 4.25. The Morgan fingerprint density at radius 3 is 2.68 bits per heavy atom. The number of rotatable bonds is 8. The average Bonchev–Trinajstić information content (AvgIpc) is 2.99. The number of halogens is 1. The molecule has 1 saturated heterocycles. The van der Waals surface area contributed by atoms with Crippen molar-refractivity contribution in [1.29, 1.82) is 0 Å². The minimum absolute atomic E-state index is 0.0606. The van der Waals surface area contributed by atoms with Gasteiger partial charge in [0.1, 0.15) is 24.7 Å². The highest BCUT2D eigenvalue weighted by Crippen LogP contribution is 2.32. The van der Waals surface area contributed by atoms with Crippen molar-refractivity contribution >= 4 is 35.0 Å². The Morgan fingerprint density at radius 1 is 1.16 bits per heavy atom. The van der Waals surface area contributed by atoms with Gasteiger partial charge in [0.2, 0.25) is 0 Å². The Bertz CT molecular complexity index is 1020. The van der Waals surface area contributed by atoms with E-state index in [0.29, 0.717) is 16.9 Å². The number of ether oxygens (including phenoxy) is 2. The molecule has 3 rings (SSSR count). The summed E-state index contributed by atoms with van der Waals surface area (Å²) in [7, 11) is 0. The second kappa shape index (κ2) is 10.3. The Labute approximate surface area is 184 Å². The molecule has 1 aliphatic heterocycles. The number of benzene rings is 2. The van der Waals surface area contributed by atoms with E-state index >= 15 is 0 Å². The molecule has 31 heavy (non-hydrogen) atoms. The van der Waals surface area contributed by atoms with E-state index in [1.807, 2.05) is 13.8 Å². The number of carbonyl (C=O) groups excluding carboxylic acids is 3. The smallest absolute Gasteiger partial charge is 0.326 e. The molecule has 1 aliphatic rings. The minimum atomic E-state index is -0.624. The summed E-state index contributed by atoms with van der Waals surface area (Å²) in [5, 5.41) is -0.523. The Hall–Kier alpha value is -3.13. The molecule has 2 amide bonds. The molecule has 6 nitrogen and oxygen atoms in total. The monoisotopic (exact) mass is 443 g/mol. The maximum atomic E-state index is 13.7. The van der Waals surface area contributed by atoms with E-state index in [9.17, 15) is 18.8 Å². The molecule has 1 fully saturated rings. The van der Waals surface area contributed by atoms with Gasteiger partial charge in [-0.3, -0.25) is 19.3 Å². The van der Waals surface area contributed by atoms with Gasteiger partial charge in [0.05, 0.1) is 11.5 Å². The SMILES string of the molecule is CC(C)COC(=O)CN1C(=O)S/C(=C/c2cccc(OCc3ccccc3F)c2)C1=O. The first-order chi connectivity index (χ1) is 14.8. The van der Waals surface area contributed by atoms with Crippen molar-refractivity contribution < 1.29 is 28.2 Å². The molecular weight excluding hydrogens is 421 g/mol. The topological polar surface area (TPSA) is 72.9 Å². The van der Waals surface area contributed by atoms with E-state index in [2.05, 4.69) is 0 Å². The van der Waals surface area contributed by atoms with Crippen molar-refractivity contribution in [2.24, 2.45) is 5.92 Å². The van der Waals surface area contributed by atoms with Crippen LogP contribution in [0.5, 0.6) is 5.75 Å². The zero-order valence-electron chi connectivity index (χ0n) is 17.2. The van der Waals surface area contributed by atoms with Crippen LogP contribution in [0, 0.1) is 11.7 Å². The van der Waals surface area contributed by atoms with E-state index < -0.39 is 23.7 Å². The molecule has 2 aromatic rings. The molecular formula is C23H22FNO5S. The molecule has 0 spiro atoms. The fraction of sp³-hybridized carbons (Fsp3) is 0.261. The van der Waals surface area contributed by atoms with E-state index in [0.717, 1.165) is 16.7 Å². The first kappa shape index (κ1) is 22.6. The van der Waals surface area contributed by atoms with Gasteiger partial charge in [-0.05, 0) is 47.5 Å². The van der Waals surface area contributed by atoms with Crippen LogP contribution in [0.15, 0.2) is 53.4 Å². The zero-order chi connectivity index (χ0) is 22.4. The summed E-state index contributed by atoms with van der Waals surface area (Å²) in [6.45, 7) is 3.66. The molecule has 0 bridgehead atoms. The van der Waals surface area contributed by atoms with Crippen LogP contribution in [-0.2, 0) is 20.9 Å². The number of hydrogen-bond donors (Lipinski definition) is 0. The number of imide groups is 1. The van der Waals surface area contributed by atoms with Crippen molar-refractivity contribution in [2.75, 3.05) is 13.2 Å². The van der Waals surface area contributed by atoms with Gasteiger partial charge in [-0.2, -0.15) is 0 Å². The quantitative estimate of drug-likeness (QED) is 0.437. The Balaban J connectivity index is 1.65. The fourth-order valence-electron chi connectivity index (χ4n) is 2.69.